The standard InChI is InChI=1S/C35H44N4O3/c1-5-28-31(34(40)38-35(36)41)27-18-19-39(28)33(30(23-12-8-6-9-13-23)24-14-10-7-11-15-24)32(27)37-21-26-20-25(22(2)3)16-17-29(26)42-4/h6-17,20,22,27-28,30-33,37H,5,18-19,21H2,1-4H3,(H3,36,38,40,41)/t27-,28?,31+,32-,33-/m0/s1. The molecule has 3 heterocycles. The molecule has 0 spiro atoms. The van der Waals surface area contributed by atoms with Crippen molar-refractivity contribution in [3.63, 3.8) is 0 Å². The van der Waals surface area contributed by atoms with Crippen molar-refractivity contribution in [2.75, 3.05) is 13.7 Å². The number of hydrogen-bond acceptors (Lipinski definition) is 5. The number of hydrogen-bond donors (Lipinski definition) is 3. The van der Waals surface area contributed by atoms with Crippen LogP contribution in [0.1, 0.15) is 67.7 Å². The predicted octanol–water partition coefficient (Wildman–Crippen LogP) is 5.40. The van der Waals surface area contributed by atoms with E-state index in [1.54, 1.807) is 7.11 Å². The average Bonchev–Trinajstić information content (AvgIpc) is 3.00. The van der Waals surface area contributed by atoms with Crippen molar-refractivity contribution in [3.05, 3.63) is 101 Å². The quantitative estimate of drug-likeness (QED) is 0.304. The second kappa shape index (κ2) is 13.1. The normalized spacial score (nSPS) is 25.0. The summed E-state index contributed by atoms with van der Waals surface area (Å²) >= 11 is 0. The van der Waals surface area contributed by atoms with Crippen molar-refractivity contribution in [3.8, 4) is 5.75 Å². The van der Waals surface area contributed by atoms with E-state index in [0.717, 1.165) is 30.7 Å². The predicted molar refractivity (Wildman–Crippen MR) is 166 cm³/mol. The van der Waals surface area contributed by atoms with Crippen molar-refractivity contribution in [1.82, 2.24) is 15.5 Å². The largest absolute Gasteiger partial charge is 0.496 e. The lowest BCUT2D eigenvalue weighted by Crippen LogP contribution is -2.72. The Morgan fingerprint density at radius 1 is 0.976 bits per heavy atom. The topological polar surface area (TPSA) is 96.7 Å². The van der Waals surface area contributed by atoms with E-state index >= 15 is 0 Å². The van der Waals surface area contributed by atoms with Crippen LogP contribution >= 0.6 is 0 Å². The Balaban J connectivity index is 1.60. The molecule has 4 N–H and O–H groups in total. The second-order valence-electron chi connectivity index (χ2n) is 12.0. The van der Waals surface area contributed by atoms with Crippen molar-refractivity contribution >= 4 is 11.9 Å². The van der Waals surface area contributed by atoms with Crippen LogP contribution in [0, 0.1) is 11.8 Å². The maximum absolute atomic E-state index is 13.5. The molecule has 6 rings (SSSR count). The maximum Gasteiger partial charge on any atom is 0.318 e. The number of carbonyl (C=O) groups is 2. The van der Waals surface area contributed by atoms with E-state index in [4.69, 9.17) is 10.5 Å². The molecule has 6 atom stereocenters. The van der Waals surface area contributed by atoms with Crippen LogP contribution in [-0.2, 0) is 11.3 Å². The monoisotopic (exact) mass is 568 g/mol. The van der Waals surface area contributed by atoms with E-state index in [1.807, 2.05) is 6.07 Å². The molecule has 0 aromatic heterocycles. The fourth-order valence-corrected chi connectivity index (χ4v) is 7.53. The number of imide groups is 1. The first-order valence-electron chi connectivity index (χ1n) is 15.2. The van der Waals surface area contributed by atoms with Gasteiger partial charge in [-0.2, -0.15) is 0 Å². The Kier molecular flexibility index (Phi) is 9.29. The molecule has 0 aliphatic carbocycles. The number of urea groups is 1. The Morgan fingerprint density at radius 3 is 2.17 bits per heavy atom. The van der Waals surface area contributed by atoms with Gasteiger partial charge in [-0.1, -0.05) is 93.6 Å². The van der Waals surface area contributed by atoms with Crippen molar-refractivity contribution in [2.24, 2.45) is 17.6 Å². The highest BCUT2D eigenvalue weighted by molar-refractivity contribution is 5.95. The van der Waals surface area contributed by atoms with E-state index in [1.165, 1.54) is 16.7 Å². The number of nitrogens with two attached hydrogens (primary N) is 1. The molecule has 2 unspecified atom stereocenters. The summed E-state index contributed by atoms with van der Waals surface area (Å²) in [5.74, 6) is 0.740. The molecule has 3 aromatic rings. The highest BCUT2D eigenvalue weighted by Crippen LogP contribution is 2.48. The molecule has 0 radical (unpaired) electrons. The Bertz CT molecular complexity index is 1320. The fourth-order valence-electron chi connectivity index (χ4n) is 7.53. The Hall–Kier alpha value is -3.68. The second-order valence-corrected chi connectivity index (χ2v) is 12.0. The Labute approximate surface area is 249 Å². The summed E-state index contributed by atoms with van der Waals surface area (Å²) < 4.78 is 5.77. The summed E-state index contributed by atoms with van der Waals surface area (Å²) in [5.41, 5.74) is 10.3. The summed E-state index contributed by atoms with van der Waals surface area (Å²) in [6, 6.07) is 27.1. The zero-order chi connectivity index (χ0) is 29.8. The first kappa shape index (κ1) is 29.8. The van der Waals surface area contributed by atoms with Crippen LogP contribution in [0.25, 0.3) is 0 Å². The van der Waals surface area contributed by atoms with E-state index in [-0.39, 0.29) is 41.8 Å². The van der Waals surface area contributed by atoms with Gasteiger partial charge in [-0.15, -0.1) is 0 Å². The van der Waals surface area contributed by atoms with Crippen LogP contribution < -0.4 is 21.1 Å². The summed E-state index contributed by atoms with van der Waals surface area (Å²) in [7, 11) is 1.71. The zero-order valence-electron chi connectivity index (χ0n) is 25.1. The summed E-state index contributed by atoms with van der Waals surface area (Å²) in [6.45, 7) is 8.03. The minimum absolute atomic E-state index is 0.000112. The third kappa shape index (κ3) is 5.94. The first-order valence-corrected chi connectivity index (χ1v) is 15.2. The third-order valence-electron chi connectivity index (χ3n) is 9.36. The number of amides is 3. The van der Waals surface area contributed by atoms with Crippen LogP contribution in [0.3, 0.4) is 0 Å². The van der Waals surface area contributed by atoms with Gasteiger partial charge in [0.25, 0.3) is 0 Å². The van der Waals surface area contributed by atoms with Gasteiger partial charge in [-0.05, 0) is 54.0 Å². The first-order chi connectivity index (χ1) is 20.3. The molecular weight excluding hydrogens is 524 g/mol. The third-order valence-corrected chi connectivity index (χ3v) is 9.36. The molecule has 3 aromatic carbocycles. The molecule has 2 bridgehead atoms. The van der Waals surface area contributed by atoms with E-state index < -0.39 is 6.03 Å². The lowest BCUT2D eigenvalue weighted by molar-refractivity contribution is -0.142. The minimum Gasteiger partial charge on any atom is -0.496 e. The molecular formula is C35H44N4O3. The summed E-state index contributed by atoms with van der Waals surface area (Å²) in [6.07, 6.45) is 1.66. The molecule has 3 amide bonds. The van der Waals surface area contributed by atoms with Crippen LogP contribution in [-0.4, -0.2) is 48.6 Å². The lowest BCUT2D eigenvalue weighted by atomic mass is 9.63. The molecule has 3 aliphatic heterocycles. The summed E-state index contributed by atoms with van der Waals surface area (Å²) in [4.78, 5) is 27.9. The molecule has 7 heteroatoms. The van der Waals surface area contributed by atoms with Crippen molar-refractivity contribution in [1.29, 1.82) is 0 Å². The van der Waals surface area contributed by atoms with Gasteiger partial charge in [0, 0.05) is 36.2 Å². The molecule has 42 heavy (non-hydrogen) atoms. The smallest absolute Gasteiger partial charge is 0.318 e. The highest BCUT2D eigenvalue weighted by atomic mass is 16.5. The van der Waals surface area contributed by atoms with E-state index in [2.05, 4.69) is 109 Å². The van der Waals surface area contributed by atoms with Gasteiger partial charge < -0.3 is 15.8 Å². The number of ether oxygens (including phenoxy) is 1. The van der Waals surface area contributed by atoms with Gasteiger partial charge in [0.1, 0.15) is 5.75 Å². The highest BCUT2D eigenvalue weighted by Gasteiger charge is 2.56. The molecule has 222 valence electrons. The number of carbonyl (C=O) groups excluding carboxylic acids is 2. The fraction of sp³-hybridized carbons (Fsp3) is 0.429. The SMILES string of the molecule is CCC1[C@H](C(=O)NC(N)=O)[C@@H]2CCN1[C@@H](C(c1ccccc1)c1ccccc1)[C@H]2NCc1cc(C(C)C)ccc1OC. The van der Waals surface area contributed by atoms with Gasteiger partial charge in [0.15, 0.2) is 0 Å². The molecule has 3 fully saturated rings. The maximum atomic E-state index is 13.5. The van der Waals surface area contributed by atoms with Crippen LogP contribution in [0.4, 0.5) is 4.79 Å². The number of rotatable bonds is 10. The van der Waals surface area contributed by atoms with E-state index in [0.29, 0.717) is 12.5 Å². The lowest BCUT2D eigenvalue weighted by Gasteiger charge is -2.60. The number of benzene rings is 3. The number of methoxy groups -OCH3 is 1. The van der Waals surface area contributed by atoms with Gasteiger partial charge >= 0.3 is 6.03 Å². The van der Waals surface area contributed by atoms with Crippen LogP contribution in [0.5, 0.6) is 5.75 Å². The minimum atomic E-state index is -0.797. The summed E-state index contributed by atoms with van der Waals surface area (Å²) in [5, 5.41) is 6.37. The zero-order valence-corrected chi connectivity index (χ0v) is 25.1. The van der Waals surface area contributed by atoms with E-state index in [9.17, 15) is 9.59 Å². The van der Waals surface area contributed by atoms with Crippen molar-refractivity contribution in [2.45, 2.75) is 70.1 Å². The molecule has 3 saturated heterocycles. The number of nitrogens with zero attached hydrogens (tertiary/aromatic N) is 1. The van der Waals surface area contributed by atoms with Gasteiger partial charge in [0.2, 0.25) is 5.91 Å². The molecule has 0 saturated carbocycles. The number of piperidine rings is 3. The molecule has 7 nitrogen and oxygen atoms in total. The van der Waals surface area contributed by atoms with Gasteiger partial charge in [-0.3, -0.25) is 15.0 Å². The van der Waals surface area contributed by atoms with Crippen LogP contribution in [0.15, 0.2) is 78.9 Å². The number of primary amides is 1. The number of nitrogens with one attached hydrogen (secondary N) is 2. The molecule has 3 aliphatic rings. The number of fused-ring (bicyclic) bond motifs is 3. The Morgan fingerprint density at radius 2 is 1.62 bits per heavy atom. The van der Waals surface area contributed by atoms with Gasteiger partial charge in [-0.25, -0.2) is 4.79 Å². The average molecular weight is 569 g/mol. The van der Waals surface area contributed by atoms with Crippen LogP contribution in [0.2, 0.25) is 0 Å². The van der Waals surface area contributed by atoms with Gasteiger partial charge in [0.05, 0.1) is 13.0 Å². The van der Waals surface area contributed by atoms with Crippen molar-refractivity contribution < 1.29 is 14.3 Å².